The molecular formula is C33H48N8O2S. The van der Waals surface area contributed by atoms with Gasteiger partial charge in [-0.25, -0.2) is 18.1 Å². The molecule has 3 atom stereocenters. The first-order chi connectivity index (χ1) is 21.3. The van der Waals surface area contributed by atoms with Crippen molar-refractivity contribution in [2.75, 3.05) is 40.3 Å². The fraction of sp³-hybridized carbons (Fsp3) is 0.515. The van der Waals surface area contributed by atoms with Crippen molar-refractivity contribution in [3.05, 3.63) is 94.8 Å². The first-order valence-corrected chi connectivity index (χ1v) is 17.5. The zero-order valence-electron chi connectivity index (χ0n) is 26.0. The molecule has 2 unspecified atom stereocenters. The zero-order chi connectivity index (χ0) is 30.7. The number of aryl methyl sites for hydroxylation is 1. The molecule has 2 fully saturated rings. The van der Waals surface area contributed by atoms with Crippen LogP contribution >= 0.6 is 0 Å². The molecule has 0 bridgehead atoms. The van der Waals surface area contributed by atoms with E-state index in [0.717, 1.165) is 80.3 Å². The van der Waals surface area contributed by atoms with Gasteiger partial charge < -0.3 is 20.5 Å². The summed E-state index contributed by atoms with van der Waals surface area (Å²) in [5.74, 6) is 1.45. The molecule has 238 valence electrons. The highest BCUT2D eigenvalue weighted by Crippen LogP contribution is 2.56. The van der Waals surface area contributed by atoms with Gasteiger partial charge in [0.2, 0.25) is 10.0 Å². The molecule has 1 saturated carbocycles. The van der Waals surface area contributed by atoms with Gasteiger partial charge in [0.25, 0.3) is 0 Å². The standard InChI is InChI=1S/C24H34N6O2S.C9H12N2.H2/c1-25-16-21-22(17-26-33(31,32)18-19-7-4-3-5-8-19)30-23(27-21)10-6-9-20-15-24(20,30)29-13-11-28(2)12-14-29;10-8-5-1-3-7-4-2-6-11-9(7)8;/h3-9,20,25-26H,10-18H2,1-2H3;2,4,6,8H,1,3,5,10H2;1H/t;8-;/m.0./s1. The number of fused-ring (bicyclic) bond motifs is 4. The minimum Gasteiger partial charge on any atom is -0.323 e. The number of aromatic nitrogens is 3. The Balaban J connectivity index is 0.000000281. The first-order valence-electron chi connectivity index (χ1n) is 15.9. The van der Waals surface area contributed by atoms with Crippen molar-refractivity contribution in [2.24, 2.45) is 11.7 Å². The van der Waals surface area contributed by atoms with Gasteiger partial charge in [0.1, 0.15) is 11.5 Å². The lowest BCUT2D eigenvalue weighted by atomic mass is 9.93. The van der Waals surface area contributed by atoms with E-state index in [2.05, 4.69) is 54.7 Å². The van der Waals surface area contributed by atoms with Crippen molar-refractivity contribution >= 4 is 10.0 Å². The maximum Gasteiger partial charge on any atom is 0.216 e. The van der Waals surface area contributed by atoms with Crippen LogP contribution in [-0.4, -0.2) is 73.0 Å². The van der Waals surface area contributed by atoms with Gasteiger partial charge in [-0.3, -0.25) is 9.88 Å². The van der Waals surface area contributed by atoms with Crippen LogP contribution in [0.2, 0.25) is 0 Å². The lowest BCUT2D eigenvalue weighted by Gasteiger charge is -2.40. The van der Waals surface area contributed by atoms with Crippen LogP contribution in [0.4, 0.5) is 0 Å². The second-order valence-corrected chi connectivity index (χ2v) is 14.3. The van der Waals surface area contributed by atoms with Crippen LogP contribution in [0.25, 0.3) is 0 Å². The van der Waals surface area contributed by atoms with E-state index in [4.69, 9.17) is 10.7 Å². The number of benzene rings is 1. The Labute approximate surface area is 263 Å². The normalized spacial score (nSPS) is 24.8. The molecule has 3 aromatic rings. The van der Waals surface area contributed by atoms with Crippen LogP contribution in [0, 0.1) is 5.92 Å². The molecule has 44 heavy (non-hydrogen) atoms. The largest absolute Gasteiger partial charge is 0.323 e. The number of rotatable bonds is 8. The number of imidazole rings is 1. The van der Waals surface area contributed by atoms with Crippen molar-refractivity contribution in [3.63, 3.8) is 0 Å². The number of hydrogen-bond acceptors (Lipinski definition) is 8. The number of nitrogens with one attached hydrogen (secondary N) is 2. The summed E-state index contributed by atoms with van der Waals surface area (Å²) < 4.78 is 31.1. The fourth-order valence-electron chi connectivity index (χ4n) is 7.09. The minimum absolute atomic E-state index is 0. The summed E-state index contributed by atoms with van der Waals surface area (Å²) in [7, 11) is 0.599. The summed E-state index contributed by atoms with van der Waals surface area (Å²) in [6.07, 6.45) is 11.7. The number of sulfonamides is 1. The number of nitrogens with zero attached hydrogens (tertiary/aromatic N) is 5. The second kappa shape index (κ2) is 13.2. The molecule has 0 amide bonds. The van der Waals surface area contributed by atoms with Gasteiger partial charge in [-0.05, 0) is 57.0 Å². The van der Waals surface area contributed by atoms with Crippen LogP contribution in [0.5, 0.6) is 0 Å². The fourth-order valence-corrected chi connectivity index (χ4v) is 8.18. The Morgan fingerprint density at radius 3 is 2.64 bits per heavy atom. The van der Waals surface area contributed by atoms with Crippen molar-refractivity contribution in [2.45, 2.75) is 62.7 Å². The van der Waals surface area contributed by atoms with E-state index in [1.54, 1.807) is 0 Å². The monoisotopic (exact) mass is 620 g/mol. The topological polar surface area (TPSA) is 121 Å². The van der Waals surface area contributed by atoms with E-state index < -0.39 is 10.0 Å². The Bertz CT molecular complexity index is 1570. The van der Waals surface area contributed by atoms with Crippen molar-refractivity contribution < 1.29 is 9.84 Å². The highest BCUT2D eigenvalue weighted by molar-refractivity contribution is 7.88. The molecule has 4 heterocycles. The minimum atomic E-state index is -3.48. The predicted molar refractivity (Wildman–Crippen MR) is 175 cm³/mol. The number of nitrogens with two attached hydrogens (primary N) is 1. The van der Waals surface area contributed by atoms with Gasteiger partial charge >= 0.3 is 0 Å². The summed E-state index contributed by atoms with van der Waals surface area (Å²) in [4.78, 5) is 14.2. The summed E-state index contributed by atoms with van der Waals surface area (Å²) in [5.41, 5.74) is 10.9. The number of pyridine rings is 1. The number of piperazine rings is 1. The quantitative estimate of drug-likeness (QED) is 0.329. The zero-order valence-corrected chi connectivity index (χ0v) is 26.8. The van der Waals surface area contributed by atoms with Gasteiger partial charge in [-0.2, -0.15) is 0 Å². The maximum absolute atomic E-state index is 12.9. The van der Waals surface area contributed by atoms with E-state index >= 15 is 0 Å². The van der Waals surface area contributed by atoms with Gasteiger partial charge in [0.15, 0.2) is 0 Å². The summed E-state index contributed by atoms with van der Waals surface area (Å²) in [6.45, 7) is 4.98. The van der Waals surface area contributed by atoms with Crippen LogP contribution in [0.15, 0.2) is 60.8 Å². The summed E-state index contributed by atoms with van der Waals surface area (Å²) in [5, 5.41) is 3.22. The molecule has 1 aromatic carbocycles. The van der Waals surface area contributed by atoms with Gasteiger partial charge in [-0.15, -0.1) is 0 Å². The average molecular weight is 621 g/mol. The van der Waals surface area contributed by atoms with Gasteiger partial charge in [0.05, 0.1) is 29.4 Å². The number of allylic oxidation sites excluding steroid dienone is 1. The van der Waals surface area contributed by atoms with Crippen LogP contribution in [-0.2, 0) is 47.4 Å². The number of likely N-dealkylation sites (N-methyl/N-ethyl adjacent to an activating group) is 1. The smallest absolute Gasteiger partial charge is 0.216 e. The van der Waals surface area contributed by atoms with E-state index in [1.165, 1.54) is 12.0 Å². The van der Waals surface area contributed by atoms with E-state index in [1.807, 2.05) is 49.6 Å². The van der Waals surface area contributed by atoms with Crippen molar-refractivity contribution in [3.8, 4) is 0 Å². The molecule has 2 aliphatic carbocycles. The third kappa shape index (κ3) is 6.54. The lowest BCUT2D eigenvalue weighted by Crippen LogP contribution is -2.52. The highest BCUT2D eigenvalue weighted by atomic mass is 32.2. The molecule has 7 rings (SSSR count). The van der Waals surface area contributed by atoms with Gasteiger partial charge in [0, 0.05) is 58.7 Å². The van der Waals surface area contributed by atoms with Crippen LogP contribution in [0.1, 0.15) is 60.8 Å². The third-order valence-corrected chi connectivity index (χ3v) is 10.7. The second-order valence-electron chi connectivity index (χ2n) is 12.5. The molecule has 1 saturated heterocycles. The molecule has 0 spiro atoms. The SMILES string of the molecule is CNCc1nc2n(c1CNS(=O)(=O)Cc1ccccc1)C1(N3CCN(C)CC3)CC1C=CC2.N[C@H]1CCCc2cccnc21.[HH]. The molecule has 0 radical (unpaired) electrons. The Morgan fingerprint density at radius 1 is 1.09 bits per heavy atom. The molecular weight excluding hydrogens is 572 g/mol. The first kappa shape index (κ1) is 31.1. The summed E-state index contributed by atoms with van der Waals surface area (Å²) >= 11 is 0. The molecule has 10 nitrogen and oxygen atoms in total. The maximum atomic E-state index is 12.9. The molecule has 11 heteroatoms. The molecule has 2 aliphatic heterocycles. The van der Waals surface area contributed by atoms with E-state index in [-0.39, 0.29) is 25.4 Å². The molecule has 4 aliphatic rings. The average Bonchev–Trinajstić information content (AvgIpc) is 3.66. The molecule has 4 N–H and O–H groups in total. The Kier molecular flexibility index (Phi) is 9.32. The van der Waals surface area contributed by atoms with Crippen molar-refractivity contribution in [1.29, 1.82) is 0 Å². The number of hydrogen-bond donors (Lipinski definition) is 3. The Morgan fingerprint density at radius 2 is 1.89 bits per heavy atom. The lowest BCUT2D eigenvalue weighted by molar-refractivity contribution is 0.0485. The summed E-state index contributed by atoms with van der Waals surface area (Å²) in [6, 6.07) is 13.6. The highest BCUT2D eigenvalue weighted by Gasteiger charge is 2.60. The van der Waals surface area contributed by atoms with Crippen molar-refractivity contribution in [1.82, 2.24) is 34.4 Å². The third-order valence-electron chi connectivity index (χ3n) is 9.43. The van der Waals surface area contributed by atoms with E-state index in [9.17, 15) is 8.42 Å². The van der Waals surface area contributed by atoms with Crippen LogP contribution < -0.4 is 15.8 Å². The van der Waals surface area contributed by atoms with E-state index in [0.29, 0.717) is 12.5 Å². The predicted octanol–water partition coefficient (Wildman–Crippen LogP) is 2.92. The molecule has 2 aromatic heterocycles. The Hall–Kier alpha value is -2.93. The van der Waals surface area contributed by atoms with Crippen LogP contribution in [0.3, 0.4) is 0 Å². The van der Waals surface area contributed by atoms with Gasteiger partial charge in [-0.1, -0.05) is 48.6 Å².